The van der Waals surface area contributed by atoms with Gasteiger partial charge >= 0.3 is 5.97 Å². The van der Waals surface area contributed by atoms with Crippen LogP contribution in [0.15, 0.2) is 23.1 Å². The summed E-state index contributed by atoms with van der Waals surface area (Å²) in [5.41, 5.74) is -0.0301. The van der Waals surface area contributed by atoms with Crippen molar-refractivity contribution >= 4 is 31.7 Å². The summed E-state index contributed by atoms with van der Waals surface area (Å²) < 4.78 is 60.6. The van der Waals surface area contributed by atoms with E-state index in [2.05, 4.69) is 0 Å². The standard InChI is InChI=1S/C19H26N2O8S2/c1-20(15-7-10-30(24,25)13-15)18(22)12-29-19(23)14-5-6-16(28-2)17(11-14)31(26,27)21-8-3-4-9-21/h5-6,11,15H,3-4,7-10,12-13H2,1-2H3. The van der Waals surface area contributed by atoms with E-state index < -0.39 is 44.4 Å². The molecule has 3 rings (SSSR count). The fourth-order valence-corrected chi connectivity index (χ4v) is 7.14. The van der Waals surface area contributed by atoms with E-state index in [0.717, 1.165) is 12.8 Å². The zero-order valence-electron chi connectivity index (χ0n) is 17.4. The third-order valence-electron chi connectivity index (χ3n) is 5.56. The zero-order valence-corrected chi connectivity index (χ0v) is 19.1. The smallest absolute Gasteiger partial charge is 0.338 e. The van der Waals surface area contributed by atoms with E-state index in [-0.39, 0.29) is 27.7 Å². The molecule has 0 bridgehead atoms. The van der Waals surface area contributed by atoms with Crippen LogP contribution in [0.3, 0.4) is 0 Å². The van der Waals surface area contributed by atoms with Gasteiger partial charge in [0.15, 0.2) is 16.4 Å². The fraction of sp³-hybridized carbons (Fsp3) is 0.579. The Morgan fingerprint density at radius 1 is 1.23 bits per heavy atom. The second-order valence-electron chi connectivity index (χ2n) is 7.61. The van der Waals surface area contributed by atoms with Gasteiger partial charge in [-0.3, -0.25) is 4.79 Å². The molecule has 2 saturated heterocycles. The van der Waals surface area contributed by atoms with Crippen molar-refractivity contribution in [3.05, 3.63) is 23.8 Å². The SMILES string of the molecule is COc1ccc(C(=O)OCC(=O)N(C)C2CCS(=O)(=O)C2)cc1S(=O)(=O)N1CCCC1. The van der Waals surface area contributed by atoms with Crippen molar-refractivity contribution in [3.63, 3.8) is 0 Å². The van der Waals surface area contributed by atoms with E-state index >= 15 is 0 Å². The van der Waals surface area contributed by atoms with E-state index in [9.17, 15) is 26.4 Å². The molecule has 0 radical (unpaired) electrons. The molecule has 2 aliphatic heterocycles. The second kappa shape index (κ2) is 9.13. The predicted molar refractivity (Wildman–Crippen MR) is 111 cm³/mol. The Hall–Kier alpha value is -2.18. The average Bonchev–Trinajstić information content (AvgIpc) is 3.40. The highest BCUT2D eigenvalue weighted by atomic mass is 32.2. The summed E-state index contributed by atoms with van der Waals surface area (Å²) >= 11 is 0. The molecule has 0 N–H and O–H groups in total. The van der Waals surface area contributed by atoms with Gasteiger partial charge in [-0.15, -0.1) is 0 Å². The van der Waals surface area contributed by atoms with Crippen molar-refractivity contribution in [2.75, 3.05) is 45.4 Å². The number of rotatable bonds is 7. The van der Waals surface area contributed by atoms with Crippen LogP contribution in [0.2, 0.25) is 0 Å². The largest absolute Gasteiger partial charge is 0.495 e. The van der Waals surface area contributed by atoms with Gasteiger partial charge in [-0.1, -0.05) is 0 Å². The minimum Gasteiger partial charge on any atom is -0.495 e. The monoisotopic (exact) mass is 474 g/mol. The predicted octanol–water partition coefficient (Wildman–Crippen LogP) is 0.282. The maximum absolute atomic E-state index is 12.9. The Labute approximate surface area is 182 Å². The number of ether oxygens (including phenoxy) is 2. The average molecular weight is 475 g/mol. The molecule has 0 aromatic heterocycles. The Morgan fingerprint density at radius 2 is 1.90 bits per heavy atom. The van der Waals surface area contributed by atoms with Gasteiger partial charge in [-0.05, 0) is 37.5 Å². The first-order valence-electron chi connectivity index (χ1n) is 9.86. The number of likely N-dealkylation sites (N-methyl/N-ethyl adjacent to an activating group) is 1. The number of sulfonamides is 1. The molecule has 2 heterocycles. The normalized spacial score (nSPS) is 21.0. The molecular formula is C19H26N2O8S2. The number of hydrogen-bond donors (Lipinski definition) is 0. The summed E-state index contributed by atoms with van der Waals surface area (Å²) in [5.74, 6) is -1.37. The molecule has 1 atom stereocenters. The number of amides is 1. The summed E-state index contributed by atoms with van der Waals surface area (Å²) in [5, 5.41) is 0. The van der Waals surface area contributed by atoms with Gasteiger partial charge in [0, 0.05) is 26.2 Å². The number of sulfone groups is 1. The fourth-order valence-electron chi connectivity index (χ4n) is 3.67. The van der Waals surface area contributed by atoms with Crippen LogP contribution in [0.1, 0.15) is 29.6 Å². The van der Waals surface area contributed by atoms with Crippen LogP contribution in [0.5, 0.6) is 5.75 Å². The summed E-state index contributed by atoms with van der Waals surface area (Å²) in [6.07, 6.45) is 1.87. The van der Waals surface area contributed by atoms with Crippen molar-refractivity contribution in [3.8, 4) is 5.75 Å². The number of methoxy groups -OCH3 is 1. The minimum absolute atomic E-state index is 0.0230. The molecule has 10 nitrogen and oxygen atoms in total. The van der Waals surface area contributed by atoms with Gasteiger partial charge in [0.1, 0.15) is 10.6 Å². The van der Waals surface area contributed by atoms with Crippen LogP contribution < -0.4 is 4.74 Å². The van der Waals surface area contributed by atoms with Gasteiger partial charge in [0.2, 0.25) is 10.0 Å². The van der Waals surface area contributed by atoms with Gasteiger partial charge in [-0.2, -0.15) is 4.31 Å². The van der Waals surface area contributed by atoms with Gasteiger partial charge in [-0.25, -0.2) is 21.6 Å². The van der Waals surface area contributed by atoms with E-state index in [1.54, 1.807) is 0 Å². The van der Waals surface area contributed by atoms with Crippen molar-refractivity contribution < 1.29 is 35.9 Å². The molecule has 1 aromatic rings. The molecule has 12 heteroatoms. The lowest BCUT2D eigenvalue weighted by Gasteiger charge is -2.23. The summed E-state index contributed by atoms with van der Waals surface area (Å²) in [4.78, 5) is 25.9. The van der Waals surface area contributed by atoms with Crippen LogP contribution in [0.4, 0.5) is 0 Å². The van der Waals surface area contributed by atoms with Crippen molar-refractivity contribution in [2.45, 2.75) is 30.2 Å². The van der Waals surface area contributed by atoms with E-state index in [4.69, 9.17) is 9.47 Å². The number of esters is 1. The molecule has 0 saturated carbocycles. The lowest BCUT2D eigenvalue weighted by atomic mass is 10.2. The molecule has 0 spiro atoms. The van der Waals surface area contributed by atoms with Gasteiger partial charge < -0.3 is 14.4 Å². The van der Waals surface area contributed by atoms with Gasteiger partial charge in [0.25, 0.3) is 5.91 Å². The summed E-state index contributed by atoms with van der Waals surface area (Å²) in [6, 6.07) is 3.47. The van der Waals surface area contributed by atoms with Gasteiger partial charge in [0.05, 0.1) is 24.2 Å². The van der Waals surface area contributed by atoms with Crippen molar-refractivity contribution in [2.24, 2.45) is 0 Å². The van der Waals surface area contributed by atoms with E-state index in [0.29, 0.717) is 19.5 Å². The first-order valence-corrected chi connectivity index (χ1v) is 13.1. The summed E-state index contributed by atoms with van der Waals surface area (Å²) in [7, 11) is -4.18. The lowest BCUT2D eigenvalue weighted by molar-refractivity contribution is -0.134. The lowest BCUT2D eigenvalue weighted by Crippen LogP contribution is -2.40. The topological polar surface area (TPSA) is 127 Å². The van der Waals surface area contributed by atoms with Crippen LogP contribution in [0, 0.1) is 0 Å². The third kappa shape index (κ3) is 5.18. The quantitative estimate of drug-likeness (QED) is 0.516. The molecule has 1 amide bonds. The van der Waals surface area contributed by atoms with Crippen LogP contribution >= 0.6 is 0 Å². The number of nitrogens with zero attached hydrogens (tertiary/aromatic N) is 2. The zero-order chi connectivity index (χ0) is 22.8. The van der Waals surface area contributed by atoms with Crippen LogP contribution in [-0.2, 0) is 29.4 Å². The van der Waals surface area contributed by atoms with E-state index in [1.165, 1.54) is 41.6 Å². The third-order valence-corrected chi connectivity index (χ3v) is 9.23. The molecule has 31 heavy (non-hydrogen) atoms. The number of hydrogen-bond acceptors (Lipinski definition) is 8. The maximum Gasteiger partial charge on any atom is 0.338 e. The molecule has 0 aliphatic carbocycles. The highest BCUT2D eigenvalue weighted by Gasteiger charge is 2.33. The Kier molecular flexibility index (Phi) is 6.92. The molecule has 2 aliphatic rings. The van der Waals surface area contributed by atoms with Crippen LogP contribution in [-0.4, -0.2) is 89.3 Å². The molecule has 1 unspecified atom stereocenters. The maximum atomic E-state index is 12.9. The first-order chi connectivity index (χ1) is 14.5. The molecule has 2 fully saturated rings. The number of benzene rings is 1. The highest BCUT2D eigenvalue weighted by Crippen LogP contribution is 2.30. The Bertz CT molecular complexity index is 1060. The van der Waals surface area contributed by atoms with Crippen molar-refractivity contribution in [1.82, 2.24) is 9.21 Å². The molecule has 1 aromatic carbocycles. The molecule has 172 valence electrons. The Balaban J connectivity index is 1.70. The van der Waals surface area contributed by atoms with Crippen LogP contribution in [0.25, 0.3) is 0 Å². The highest BCUT2D eigenvalue weighted by molar-refractivity contribution is 7.91. The number of carbonyl (C=O) groups excluding carboxylic acids is 2. The Morgan fingerprint density at radius 3 is 2.48 bits per heavy atom. The van der Waals surface area contributed by atoms with Crippen molar-refractivity contribution in [1.29, 1.82) is 0 Å². The first kappa shape index (κ1) is 23.5. The second-order valence-corrected chi connectivity index (χ2v) is 11.7. The summed E-state index contributed by atoms with van der Waals surface area (Å²) in [6.45, 7) is 0.224. The minimum atomic E-state index is -3.84. The van der Waals surface area contributed by atoms with E-state index in [1.807, 2.05) is 0 Å². The molecular weight excluding hydrogens is 448 g/mol. The number of carbonyl (C=O) groups is 2.